The Bertz CT molecular complexity index is 533. The van der Waals surface area contributed by atoms with Crippen molar-refractivity contribution < 1.29 is 14.3 Å². The number of nitrogens with one attached hydrogen (secondary N) is 1. The maximum Gasteiger partial charge on any atom is 0.415 e. The van der Waals surface area contributed by atoms with Crippen LogP contribution in [0.25, 0.3) is 0 Å². The lowest BCUT2D eigenvalue weighted by molar-refractivity contribution is -0.132. The Balaban J connectivity index is 2.17. The number of rotatable bonds is 0. The molecule has 2 amide bonds. The predicted octanol–water partition coefficient (Wildman–Crippen LogP) is 2.41. The normalized spacial score (nSPS) is 26.6. The summed E-state index contributed by atoms with van der Waals surface area (Å²) in [7, 11) is 0. The molecule has 17 heavy (non-hydrogen) atoms. The summed E-state index contributed by atoms with van der Waals surface area (Å²) < 4.78 is 6.19. The van der Waals surface area contributed by atoms with Crippen molar-refractivity contribution in [1.29, 1.82) is 0 Å². The molecule has 1 N–H and O–H groups in total. The van der Waals surface area contributed by atoms with Gasteiger partial charge in [-0.1, -0.05) is 22.0 Å². The summed E-state index contributed by atoms with van der Waals surface area (Å²) in [4.78, 5) is 24.1. The van der Waals surface area contributed by atoms with Gasteiger partial charge < -0.3 is 4.74 Å². The summed E-state index contributed by atoms with van der Waals surface area (Å²) in [5.74, 6) is 0.399. The second-order valence-electron chi connectivity index (χ2n) is 3.91. The highest BCUT2D eigenvalue weighted by atomic mass is 79.9. The number of alkyl carbamates (subject to hydrolysis) is 1. The van der Waals surface area contributed by atoms with Crippen LogP contribution in [-0.2, 0) is 15.1 Å². The first-order chi connectivity index (χ1) is 8.12. The van der Waals surface area contributed by atoms with Gasteiger partial charge >= 0.3 is 6.09 Å². The molecule has 0 aliphatic carbocycles. The number of hydrogen-bond donors (Lipinski definition) is 1. The Kier molecular flexibility index (Phi) is 2.45. The molecule has 88 valence electrons. The number of fused-ring (bicyclic) bond motifs is 2. The van der Waals surface area contributed by atoms with Gasteiger partial charge in [-0.2, -0.15) is 0 Å². The third kappa shape index (κ3) is 1.58. The number of benzene rings is 1. The van der Waals surface area contributed by atoms with Gasteiger partial charge in [0.15, 0.2) is 0 Å². The van der Waals surface area contributed by atoms with Crippen molar-refractivity contribution in [3.05, 3.63) is 28.2 Å². The van der Waals surface area contributed by atoms with Gasteiger partial charge in [0.1, 0.15) is 0 Å². The van der Waals surface area contributed by atoms with Gasteiger partial charge in [0.25, 0.3) is 5.91 Å². The minimum absolute atomic E-state index is 0.355. The summed E-state index contributed by atoms with van der Waals surface area (Å²) in [6, 6.07) is 5.63. The highest BCUT2D eigenvalue weighted by Gasteiger charge is 2.52. The summed E-state index contributed by atoms with van der Waals surface area (Å²) in [6.45, 7) is 0. The van der Waals surface area contributed by atoms with E-state index in [9.17, 15) is 9.59 Å². The maximum absolute atomic E-state index is 11.9. The second kappa shape index (κ2) is 3.74. The molecule has 1 aromatic rings. The van der Waals surface area contributed by atoms with E-state index in [0.29, 0.717) is 6.42 Å². The van der Waals surface area contributed by atoms with E-state index in [1.807, 2.05) is 18.2 Å². The fourth-order valence-electron chi connectivity index (χ4n) is 2.15. The number of hydrogen-bond acceptors (Lipinski definition) is 4. The van der Waals surface area contributed by atoms with Crippen molar-refractivity contribution in [1.82, 2.24) is 5.32 Å². The maximum atomic E-state index is 11.9. The molecule has 0 bridgehead atoms. The van der Waals surface area contributed by atoms with Crippen LogP contribution in [0.3, 0.4) is 0 Å². The Labute approximate surface area is 110 Å². The molecule has 0 aromatic heterocycles. The van der Waals surface area contributed by atoms with Crippen molar-refractivity contribution in [3.8, 4) is 0 Å². The molecule has 1 atom stereocenters. The molecular formula is C11H8BrNO3S. The van der Waals surface area contributed by atoms with Crippen LogP contribution in [0.2, 0.25) is 0 Å². The largest absolute Gasteiger partial charge is 0.427 e. The number of ether oxygens (including phenoxy) is 1. The van der Waals surface area contributed by atoms with Crippen molar-refractivity contribution in [3.63, 3.8) is 0 Å². The smallest absolute Gasteiger partial charge is 0.415 e. The molecule has 0 unspecified atom stereocenters. The average molecular weight is 314 g/mol. The second-order valence-corrected chi connectivity index (χ2v) is 5.96. The molecule has 4 nitrogen and oxygen atoms in total. The fraction of sp³-hybridized carbons (Fsp3) is 0.273. The predicted molar refractivity (Wildman–Crippen MR) is 65.8 cm³/mol. The molecule has 6 heteroatoms. The highest BCUT2D eigenvalue weighted by Crippen LogP contribution is 2.45. The molecule has 1 saturated heterocycles. The summed E-state index contributed by atoms with van der Waals surface area (Å²) in [5.41, 5.74) is -0.335. The Morgan fingerprint density at radius 2 is 2.24 bits per heavy atom. The third-order valence-electron chi connectivity index (χ3n) is 2.94. The summed E-state index contributed by atoms with van der Waals surface area (Å²) >= 11 is 5.06. The highest BCUT2D eigenvalue weighted by molar-refractivity contribution is 9.10. The van der Waals surface area contributed by atoms with Crippen molar-refractivity contribution in [2.45, 2.75) is 16.9 Å². The first-order valence-electron chi connectivity index (χ1n) is 5.09. The van der Waals surface area contributed by atoms with Gasteiger partial charge in [0, 0.05) is 27.1 Å². The number of carbonyl (C=O) groups excluding carboxylic acids is 2. The van der Waals surface area contributed by atoms with Crippen LogP contribution < -0.4 is 5.32 Å². The number of amides is 2. The van der Waals surface area contributed by atoms with E-state index < -0.39 is 11.7 Å². The Morgan fingerprint density at radius 3 is 2.94 bits per heavy atom. The summed E-state index contributed by atoms with van der Waals surface area (Å²) in [6.07, 6.45) is -0.139. The molecule has 1 spiro atoms. The van der Waals surface area contributed by atoms with E-state index in [1.165, 1.54) is 0 Å². The van der Waals surface area contributed by atoms with Crippen LogP contribution in [-0.4, -0.2) is 17.8 Å². The van der Waals surface area contributed by atoms with E-state index in [-0.39, 0.29) is 5.91 Å². The van der Waals surface area contributed by atoms with Gasteiger partial charge in [-0.05, 0) is 12.1 Å². The van der Waals surface area contributed by atoms with Crippen LogP contribution in [0, 0.1) is 0 Å². The van der Waals surface area contributed by atoms with Crippen LogP contribution in [0.5, 0.6) is 0 Å². The quantitative estimate of drug-likeness (QED) is 0.799. The zero-order chi connectivity index (χ0) is 12.0. The summed E-state index contributed by atoms with van der Waals surface area (Å²) in [5, 5.41) is 2.21. The van der Waals surface area contributed by atoms with Gasteiger partial charge in [0.2, 0.25) is 5.60 Å². The molecule has 0 saturated carbocycles. The lowest BCUT2D eigenvalue weighted by Crippen LogP contribution is -2.39. The fourth-order valence-corrected chi connectivity index (χ4v) is 3.87. The molecular weight excluding hydrogens is 306 g/mol. The van der Waals surface area contributed by atoms with Gasteiger partial charge in [-0.3, -0.25) is 10.1 Å². The zero-order valence-electron chi connectivity index (χ0n) is 8.66. The molecule has 0 radical (unpaired) electrons. The molecule has 3 rings (SSSR count). The molecule has 1 aromatic carbocycles. The monoisotopic (exact) mass is 313 g/mol. The SMILES string of the molecule is O=C1NC(=O)[C@]2(CCSc3cc(Br)ccc32)O1. The van der Waals surface area contributed by atoms with Crippen molar-refractivity contribution in [2.75, 3.05) is 5.75 Å². The standard InChI is InChI=1S/C11H8BrNO3S/c12-6-1-2-7-8(5-6)17-4-3-11(7)9(14)13-10(15)16-11/h1-2,5H,3-4H2,(H,13,14,15)/t11-/m1/s1. The van der Waals surface area contributed by atoms with Gasteiger partial charge in [-0.15, -0.1) is 11.8 Å². The van der Waals surface area contributed by atoms with Crippen LogP contribution in [0.1, 0.15) is 12.0 Å². The first kappa shape index (κ1) is 11.1. The molecule has 2 heterocycles. The lowest BCUT2D eigenvalue weighted by Gasteiger charge is -2.30. The number of thioether (sulfide) groups is 1. The third-order valence-corrected chi connectivity index (χ3v) is 4.49. The lowest BCUT2D eigenvalue weighted by atomic mass is 9.90. The van der Waals surface area contributed by atoms with Crippen LogP contribution in [0.15, 0.2) is 27.6 Å². The number of carbonyl (C=O) groups is 2. The number of halogens is 1. The van der Waals surface area contributed by atoms with E-state index in [1.54, 1.807) is 11.8 Å². The van der Waals surface area contributed by atoms with Crippen LogP contribution in [0.4, 0.5) is 4.79 Å². The number of imide groups is 1. The molecule has 2 aliphatic rings. The van der Waals surface area contributed by atoms with Gasteiger partial charge in [0.05, 0.1) is 0 Å². The van der Waals surface area contributed by atoms with Crippen molar-refractivity contribution >= 4 is 39.7 Å². The minimum Gasteiger partial charge on any atom is -0.427 e. The topological polar surface area (TPSA) is 55.4 Å². The average Bonchev–Trinajstić information content (AvgIpc) is 2.54. The van der Waals surface area contributed by atoms with E-state index in [4.69, 9.17) is 4.74 Å². The Morgan fingerprint density at radius 1 is 1.41 bits per heavy atom. The van der Waals surface area contributed by atoms with E-state index >= 15 is 0 Å². The minimum atomic E-state index is -1.11. The van der Waals surface area contributed by atoms with Crippen molar-refractivity contribution in [2.24, 2.45) is 0 Å². The molecule has 1 fully saturated rings. The van der Waals surface area contributed by atoms with Crippen LogP contribution >= 0.6 is 27.7 Å². The van der Waals surface area contributed by atoms with E-state index in [2.05, 4.69) is 21.2 Å². The van der Waals surface area contributed by atoms with Gasteiger partial charge in [-0.25, -0.2) is 4.79 Å². The zero-order valence-corrected chi connectivity index (χ0v) is 11.1. The first-order valence-corrected chi connectivity index (χ1v) is 6.87. The molecule has 2 aliphatic heterocycles. The Hall–Kier alpha value is -1.01. The van der Waals surface area contributed by atoms with E-state index in [0.717, 1.165) is 20.7 Å².